The minimum atomic E-state index is -0.199. The van der Waals surface area contributed by atoms with Gasteiger partial charge in [0.25, 0.3) is 0 Å². The van der Waals surface area contributed by atoms with Crippen molar-refractivity contribution in [2.75, 3.05) is 26.3 Å². The quantitative estimate of drug-likeness (QED) is 0.768. The van der Waals surface area contributed by atoms with Crippen molar-refractivity contribution >= 4 is 22.6 Å². The first-order valence-electron chi connectivity index (χ1n) is 8.00. The molecule has 1 fully saturated rings. The second-order valence-corrected chi connectivity index (χ2v) is 6.41. The molecule has 0 spiro atoms. The SMILES string of the molecule is O=c1[nH]c2ccc(-c3c(Cl)cccc3CN3CCOCC3)cc2[nH]1. The molecule has 1 aliphatic rings. The first kappa shape index (κ1) is 15.4. The third-order valence-electron chi connectivity index (χ3n) is 4.40. The number of hydrogen-bond acceptors (Lipinski definition) is 3. The second-order valence-electron chi connectivity index (χ2n) is 6.00. The van der Waals surface area contributed by atoms with E-state index in [-0.39, 0.29) is 5.69 Å². The summed E-state index contributed by atoms with van der Waals surface area (Å²) in [7, 11) is 0. The highest BCUT2D eigenvalue weighted by Gasteiger charge is 2.16. The van der Waals surface area contributed by atoms with Crippen molar-refractivity contribution in [3.05, 3.63) is 57.5 Å². The van der Waals surface area contributed by atoms with Gasteiger partial charge in [0.1, 0.15) is 0 Å². The van der Waals surface area contributed by atoms with E-state index in [9.17, 15) is 4.79 Å². The largest absolute Gasteiger partial charge is 0.379 e. The van der Waals surface area contributed by atoms with Crippen LogP contribution in [0.4, 0.5) is 0 Å². The fourth-order valence-electron chi connectivity index (χ4n) is 3.21. The lowest BCUT2D eigenvalue weighted by Gasteiger charge is -2.27. The molecule has 3 aromatic rings. The Balaban J connectivity index is 1.75. The van der Waals surface area contributed by atoms with E-state index in [4.69, 9.17) is 16.3 Å². The number of aromatic nitrogens is 2. The third-order valence-corrected chi connectivity index (χ3v) is 4.72. The molecule has 1 aliphatic heterocycles. The predicted octanol–water partition coefficient (Wildman–Crippen LogP) is 3.01. The fourth-order valence-corrected chi connectivity index (χ4v) is 3.52. The number of imidazole rings is 1. The Hall–Kier alpha value is -2.08. The van der Waals surface area contributed by atoms with Gasteiger partial charge in [-0.25, -0.2) is 4.79 Å². The predicted molar refractivity (Wildman–Crippen MR) is 95.5 cm³/mol. The number of hydrogen-bond donors (Lipinski definition) is 2. The van der Waals surface area contributed by atoms with Crippen LogP contribution in [0.1, 0.15) is 5.56 Å². The standard InChI is InChI=1S/C18H18ClN3O2/c19-14-3-1-2-13(11-22-6-8-24-9-7-22)17(14)12-4-5-15-16(10-12)21-18(23)20-15/h1-5,10H,6-9,11H2,(H2,20,21,23). The summed E-state index contributed by atoms with van der Waals surface area (Å²) in [4.78, 5) is 19.4. The van der Waals surface area contributed by atoms with E-state index in [0.29, 0.717) is 0 Å². The van der Waals surface area contributed by atoms with E-state index in [1.165, 1.54) is 5.56 Å². The lowest BCUT2D eigenvalue weighted by molar-refractivity contribution is 0.0342. The van der Waals surface area contributed by atoms with E-state index in [0.717, 1.165) is 60.0 Å². The molecule has 0 bridgehead atoms. The van der Waals surface area contributed by atoms with Gasteiger partial charge in [0, 0.05) is 30.2 Å². The van der Waals surface area contributed by atoms with Crippen molar-refractivity contribution in [2.24, 2.45) is 0 Å². The van der Waals surface area contributed by atoms with Crippen molar-refractivity contribution < 1.29 is 4.74 Å². The molecule has 0 atom stereocenters. The number of morpholine rings is 1. The molecule has 0 saturated carbocycles. The Labute approximate surface area is 144 Å². The lowest BCUT2D eigenvalue weighted by Crippen LogP contribution is -2.35. The van der Waals surface area contributed by atoms with Crippen LogP contribution in [0.2, 0.25) is 5.02 Å². The number of H-pyrrole nitrogens is 2. The fraction of sp³-hybridized carbons (Fsp3) is 0.278. The first-order valence-corrected chi connectivity index (χ1v) is 8.38. The minimum Gasteiger partial charge on any atom is -0.379 e. The van der Waals surface area contributed by atoms with Crippen LogP contribution in [-0.2, 0) is 11.3 Å². The molecule has 2 N–H and O–H groups in total. The zero-order chi connectivity index (χ0) is 16.5. The molecule has 4 rings (SSSR count). The van der Waals surface area contributed by atoms with Gasteiger partial charge in [0.15, 0.2) is 0 Å². The number of benzene rings is 2. The molecule has 124 valence electrons. The van der Waals surface area contributed by atoms with Crippen molar-refractivity contribution in [1.82, 2.24) is 14.9 Å². The van der Waals surface area contributed by atoms with Gasteiger partial charge in [0.2, 0.25) is 0 Å². The Morgan fingerprint density at radius 1 is 1.08 bits per heavy atom. The highest BCUT2D eigenvalue weighted by Crippen LogP contribution is 2.33. The highest BCUT2D eigenvalue weighted by atomic mass is 35.5. The van der Waals surface area contributed by atoms with E-state index in [1.54, 1.807) is 0 Å². The summed E-state index contributed by atoms with van der Waals surface area (Å²) in [5, 5.41) is 0.720. The molecular formula is C18H18ClN3O2. The third kappa shape index (κ3) is 2.98. The van der Waals surface area contributed by atoms with Gasteiger partial charge >= 0.3 is 5.69 Å². The molecule has 0 amide bonds. The Morgan fingerprint density at radius 2 is 1.88 bits per heavy atom. The maximum Gasteiger partial charge on any atom is 0.323 e. The molecule has 6 heteroatoms. The lowest BCUT2D eigenvalue weighted by atomic mass is 9.98. The number of ether oxygens (including phenoxy) is 1. The molecular weight excluding hydrogens is 326 g/mol. The molecule has 1 saturated heterocycles. The maximum absolute atomic E-state index is 11.5. The van der Waals surface area contributed by atoms with Crippen LogP contribution in [0, 0.1) is 0 Å². The van der Waals surface area contributed by atoms with Crippen molar-refractivity contribution in [1.29, 1.82) is 0 Å². The summed E-state index contributed by atoms with van der Waals surface area (Å²) in [5.41, 5.74) is 4.60. The average Bonchev–Trinajstić information content (AvgIpc) is 2.95. The van der Waals surface area contributed by atoms with Crippen LogP contribution < -0.4 is 5.69 Å². The normalized spacial score (nSPS) is 15.9. The molecule has 2 heterocycles. The number of aromatic amines is 2. The van der Waals surface area contributed by atoms with Gasteiger partial charge in [-0.3, -0.25) is 4.90 Å². The topological polar surface area (TPSA) is 61.1 Å². The van der Waals surface area contributed by atoms with Crippen LogP contribution in [-0.4, -0.2) is 41.2 Å². The summed E-state index contributed by atoms with van der Waals surface area (Å²) in [6, 6.07) is 11.9. The summed E-state index contributed by atoms with van der Waals surface area (Å²) in [6.07, 6.45) is 0. The Bertz CT molecular complexity index is 925. The van der Waals surface area contributed by atoms with Gasteiger partial charge in [-0.15, -0.1) is 0 Å². The van der Waals surface area contributed by atoms with E-state index in [1.807, 2.05) is 30.3 Å². The average molecular weight is 344 g/mol. The smallest absolute Gasteiger partial charge is 0.323 e. The number of halogens is 1. The zero-order valence-electron chi connectivity index (χ0n) is 13.1. The number of fused-ring (bicyclic) bond motifs is 1. The van der Waals surface area contributed by atoms with Crippen LogP contribution in [0.5, 0.6) is 0 Å². The van der Waals surface area contributed by atoms with E-state index in [2.05, 4.69) is 20.9 Å². The molecule has 0 radical (unpaired) electrons. The first-order chi connectivity index (χ1) is 11.7. The number of nitrogens with zero attached hydrogens (tertiary/aromatic N) is 1. The summed E-state index contributed by atoms with van der Waals surface area (Å²) in [6.45, 7) is 4.23. The van der Waals surface area contributed by atoms with Gasteiger partial charge in [0.05, 0.1) is 24.2 Å². The van der Waals surface area contributed by atoms with Crippen LogP contribution >= 0.6 is 11.6 Å². The van der Waals surface area contributed by atoms with Crippen LogP contribution in [0.15, 0.2) is 41.2 Å². The Morgan fingerprint density at radius 3 is 2.71 bits per heavy atom. The summed E-state index contributed by atoms with van der Waals surface area (Å²) < 4.78 is 5.42. The van der Waals surface area contributed by atoms with Crippen LogP contribution in [0.25, 0.3) is 22.2 Å². The van der Waals surface area contributed by atoms with Crippen LogP contribution in [0.3, 0.4) is 0 Å². The van der Waals surface area contributed by atoms with Gasteiger partial charge in [-0.2, -0.15) is 0 Å². The molecule has 1 aromatic heterocycles. The minimum absolute atomic E-state index is 0.199. The van der Waals surface area contributed by atoms with Gasteiger partial charge in [-0.1, -0.05) is 29.8 Å². The monoisotopic (exact) mass is 343 g/mol. The molecule has 2 aromatic carbocycles. The second kappa shape index (κ2) is 6.43. The van der Waals surface area contributed by atoms with Gasteiger partial charge in [-0.05, 0) is 29.3 Å². The maximum atomic E-state index is 11.5. The molecule has 5 nitrogen and oxygen atoms in total. The zero-order valence-corrected chi connectivity index (χ0v) is 13.9. The molecule has 24 heavy (non-hydrogen) atoms. The van der Waals surface area contributed by atoms with Gasteiger partial charge < -0.3 is 14.7 Å². The number of nitrogens with one attached hydrogen (secondary N) is 2. The van der Waals surface area contributed by atoms with Crippen molar-refractivity contribution in [2.45, 2.75) is 6.54 Å². The van der Waals surface area contributed by atoms with E-state index >= 15 is 0 Å². The summed E-state index contributed by atoms with van der Waals surface area (Å²) in [5.74, 6) is 0. The highest BCUT2D eigenvalue weighted by molar-refractivity contribution is 6.33. The summed E-state index contributed by atoms with van der Waals surface area (Å²) >= 11 is 6.52. The molecule has 0 unspecified atom stereocenters. The van der Waals surface area contributed by atoms with Crippen molar-refractivity contribution in [3.8, 4) is 11.1 Å². The van der Waals surface area contributed by atoms with Crippen molar-refractivity contribution in [3.63, 3.8) is 0 Å². The molecule has 0 aliphatic carbocycles. The van der Waals surface area contributed by atoms with E-state index < -0.39 is 0 Å². The number of rotatable bonds is 3. The Kier molecular flexibility index (Phi) is 4.14.